The molecule has 2 heteroatoms. The molecule has 0 radical (unpaired) electrons. The Kier molecular flexibility index (Phi) is 7.96. The first-order chi connectivity index (χ1) is 5.35. The van der Waals surface area contributed by atoms with Gasteiger partial charge in [0.1, 0.15) is 0 Å². The normalized spacial score (nSPS) is 13.4. The predicted molar refractivity (Wildman–Crippen MR) is 48.9 cm³/mol. The topological polar surface area (TPSA) is 21.3 Å². The van der Waals surface area contributed by atoms with Crippen LogP contribution in [0.2, 0.25) is 0 Å². The lowest BCUT2D eigenvalue weighted by molar-refractivity contribution is 0.111. The molecule has 0 saturated heterocycles. The number of likely N-dealkylation sites (N-methyl/N-ethyl adjacent to an activating group) is 1. The van der Waals surface area contributed by atoms with Crippen molar-refractivity contribution in [2.24, 2.45) is 0 Å². The molecule has 0 saturated carbocycles. The SMILES string of the molecule is CCCOCC(CC)NCC. The minimum absolute atomic E-state index is 0.548. The molecular weight excluding hydrogens is 138 g/mol. The van der Waals surface area contributed by atoms with Crippen molar-refractivity contribution in [2.75, 3.05) is 19.8 Å². The number of nitrogens with one attached hydrogen (secondary N) is 1. The second kappa shape index (κ2) is 8.02. The van der Waals surface area contributed by atoms with Crippen molar-refractivity contribution in [3.8, 4) is 0 Å². The summed E-state index contributed by atoms with van der Waals surface area (Å²) in [5.74, 6) is 0. The van der Waals surface area contributed by atoms with E-state index in [2.05, 4.69) is 26.1 Å². The summed E-state index contributed by atoms with van der Waals surface area (Å²) in [4.78, 5) is 0. The zero-order valence-electron chi connectivity index (χ0n) is 8.02. The first kappa shape index (κ1) is 10.9. The minimum Gasteiger partial charge on any atom is -0.380 e. The molecule has 0 aliphatic heterocycles. The Balaban J connectivity index is 3.20. The van der Waals surface area contributed by atoms with Gasteiger partial charge in [0.15, 0.2) is 0 Å². The fraction of sp³-hybridized carbons (Fsp3) is 1.00. The van der Waals surface area contributed by atoms with E-state index in [-0.39, 0.29) is 0 Å². The second-order valence-electron chi connectivity index (χ2n) is 2.74. The molecule has 0 aromatic carbocycles. The van der Waals surface area contributed by atoms with Crippen LogP contribution < -0.4 is 5.32 Å². The van der Waals surface area contributed by atoms with Crippen LogP contribution >= 0.6 is 0 Å². The van der Waals surface area contributed by atoms with Gasteiger partial charge >= 0.3 is 0 Å². The lowest BCUT2D eigenvalue weighted by Gasteiger charge is -2.15. The molecule has 0 rings (SSSR count). The zero-order chi connectivity index (χ0) is 8.53. The molecule has 0 aromatic rings. The van der Waals surface area contributed by atoms with E-state index in [1.807, 2.05) is 0 Å². The van der Waals surface area contributed by atoms with Crippen LogP contribution in [0.4, 0.5) is 0 Å². The monoisotopic (exact) mass is 159 g/mol. The van der Waals surface area contributed by atoms with Crippen molar-refractivity contribution < 1.29 is 4.74 Å². The Morgan fingerprint density at radius 2 is 2.00 bits per heavy atom. The van der Waals surface area contributed by atoms with Crippen LogP contribution in [0.25, 0.3) is 0 Å². The van der Waals surface area contributed by atoms with Crippen molar-refractivity contribution in [3.05, 3.63) is 0 Å². The van der Waals surface area contributed by atoms with Crippen LogP contribution in [0.3, 0.4) is 0 Å². The van der Waals surface area contributed by atoms with E-state index >= 15 is 0 Å². The predicted octanol–water partition coefficient (Wildman–Crippen LogP) is 1.80. The number of hydrogen-bond donors (Lipinski definition) is 1. The third-order valence-corrected chi connectivity index (χ3v) is 1.65. The molecule has 0 aliphatic carbocycles. The molecule has 0 fully saturated rings. The molecule has 2 nitrogen and oxygen atoms in total. The summed E-state index contributed by atoms with van der Waals surface area (Å²) in [6.07, 6.45) is 2.26. The van der Waals surface area contributed by atoms with Crippen LogP contribution in [-0.4, -0.2) is 25.8 Å². The Labute approximate surface area is 70.3 Å². The van der Waals surface area contributed by atoms with Gasteiger partial charge in [-0.25, -0.2) is 0 Å². The largest absolute Gasteiger partial charge is 0.380 e. The number of hydrogen-bond acceptors (Lipinski definition) is 2. The smallest absolute Gasteiger partial charge is 0.0619 e. The van der Waals surface area contributed by atoms with Gasteiger partial charge < -0.3 is 10.1 Å². The van der Waals surface area contributed by atoms with Crippen LogP contribution in [0.1, 0.15) is 33.6 Å². The zero-order valence-corrected chi connectivity index (χ0v) is 8.02. The molecule has 0 spiro atoms. The van der Waals surface area contributed by atoms with E-state index in [0.717, 1.165) is 32.6 Å². The highest BCUT2D eigenvalue weighted by atomic mass is 16.5. The summed E-state index contributed by atoms with van der Waals surface area (Å²) in [6, 6.07) is 0.548. The maximum absolute atomic E-state index is 5.43. The van der Waals surface area contributed by atoms with Crippen LogP contribution in [0.15, 0.2) is 0 Å². The number of ether oxygens (including phenoxy) is 1. The first-order valence-electron chi connectivity index (χ1n) is 4.66. The van der Waals surface area contributed by atoms with Gasteiger partial charge in [-0.15, -0.1) is 0 Å². The van der Waals surface area contributed by atoms with Crippen molar-refractivity contribution in [3.63, 3.8) is 0 Å². The lowest BCUT2D eigenvalue weighted by atomic mass is 10.2. The van der Waals surface area contributed by atoms with Crippen molar-refractivity contribution in [1.82, 2.24) is 5.32 Å². The fourth-order valence-corrected chi connectivity index (χ4v) is 0.980. The maximum atomic E-state index is 5.43. The van der Waals surface area contributed by atoms with E-state index in [4.69, 9.17) is 4.74 Å². The summed E-state index contributed by atoms with van der Waals surface area (Å²) in [5.41, 5.74) is 0. The molecule has 1 atom stereocenters. The minimum atomic E-state index is 0.548. The second-order valence-corrected chi connectivity index (χ2v) is 2.74. The molecular formula is C9H21NO. The fourth-order valence-electron chi connectivity index (χ4n) is 0.980. The molecule has 0 amide bonds. The van der Waals surface area contributed by atoms with Crippen molar-refractivity contribution in [2.45, 2.75) is 39.7 Å². The average molecular weight is 159 g/mol. The van der Waals surface area contributed by atoms with Gasteiger partial charge in [0, 0.05) is 12.6 Å². The highest BCUT2D eigenvalue weighted by Crippen LogP contribution is 1.92. The first-order valence-corrected chi connectivity index (χ1v) is 4.66. The molecule has 68 valence electrons. The molecule has 1 N–H and O–H groups in total. The van der Waals surface area contributed by atoms with Gasteiger partial charge in [-0.05, 0) is 19.4 Å². The Hall–Kier alpha value is -0.0800. The number of rotatable bonds is 7. The van der Waals surface area contributed by atoms with E-state index in [0.29, 0.717) is 6.04 Å². The molecule has 0 aromatic heterocycles. The van der Waals surface area contributed by atoms with Crippen molar-refractivity contribution in [1.29, 1.82) is 0 Å². The Bertz CT molecular complexity index is 76.0. The van der Waals surface area contributed by atoms with Crippen LogP contribution in [0.5, 0.6) is 0 Å². The lowest BCUT2D eigenvalue weighted by Crippen LogP contribution is -2.32. The molecule has 0 bridgehead atoms. The average Bonchev–Trinajstić information content (AvgIpc) is 2.03. The van der Waals surface area contributed by atoms with Crippen LogP contribution in [0, 0.1) is 0 Å². The summed E-state index contributed by atoms with van der Waals surface area (Å²) in [6.45, 7) is 9.23. The standard InChI is InChI=1S/C9H21NO/c1-4-7-11-8-9(5-2)10-6-3/h9-10H,4-8H2,1-3H3. The van der Waals surface area contributed by atoms with E-state index in [1.54, 1.807) is 0 Å². The van der Waals surface area contributed by atoms with Gasteiger partial charge in [-0.2, -0.15) is 0 Å². The van der Waals surface area contributed by atoms with E-state index in [9.17, 15) is 0 Å². The summed E-state index contributed by atoms with van der Waals surface area (Å²) >= 11 is 0. The van der Waals surface area contributed by atoms with Gasteiger partial charge in [-0.1, -0.05) is 20.8 Å². The Morgan fingerprint density at radius 3 is 2.45 bits per heavy atom. The highest BCUT2D eigenvalue weighted by molar-refractivity contribution is 4.61. The molecule has 11 heavy (non-hydrogen) atoms. The van der Waals surface area contributed by atoms with Crippen LogP contribution in [-0.2, 0) is 4.74 Å². The van der Waals surface area contributed by atoms with Crippen molar-refractivity contribution >= 4 is 0 Å². The van der Waals surface area contributed by atoms with Gasteiger partial charge in [-0.3, -0.25) is 0 Å². The van der Waals surface area contributed by atoms with E-state index < -0.39 is 0 Å². The summed E-state index contributed by atoms with van der Waals surface area (Å²) < 4.78 is 5.43. The highest BCUT2D eigenvalue weighted by Gasteiger charge is 2.02. The molecule has 0 aliphatic rings. The summed E-state index contributed by atoms with van der Waals surface area (Å²) in [7, 11) is 0. The molecule has 1 unspecified atom stereocenters. The maximum Gasteiger partial charge on any atom is 0.0619 e. The Morgan fingerprint density at radius 1 is 1.27 bits per heavy atom. The quantitative estimate of drug-likeness (QED) is 0.572. The van der Waals surface area contributed by atoms with E-state index in [1.165, 1.54) is 0 Å². The third kappa shape index (κ3) is 6.32. The van der Waals surface area contributed by atoms with Gasteiger partial charge in [0.05, 0.1) is 6.61 Å². The van der Waals surface area contributed by atoms with Gasteiger partial charge in [0.25, 0.3) is 0 Å². The third-order valence-electron chi connectivity index (χ3n) is 1.65. The summed E-state index contributed by atoms with van der Waals surface area (Å²) in [5, 5.41) is 3.37. The molecule has 0 heterocycles. The van der Waals surface area contributed by atoms with Gasteiger partial charge in [0.2, 0.25) is 0 Å².